The molecule has 1 aromatic carbocycles. The number of fused-ring (bicyclic) bond motifs is 1. The Labute approximate surface area is 93.1 Å². The first kappa shape index (κ1) is 10.5. The van der Waals surface area contributed by atoms with Crippen molar-refractivity contribution in [3.63, 3.8) is 0 Å². The molecule has 80 valence electrons. The molecule has 0 aliphatic rings. The van der Waals surface area contributed by atoms with Gasteiger partial charge in [-0.25, -0.2) is 0 Å². The summed E-state index contributed by atoms with van der Waals surface area (Å²) in [4.78, 5) is 0. The molecule has 1 aromatic heterocycles. The maximum Gasteiger partial charge on any atom is 0.120 e. The average Bonchev–Trinajstić information content (AvgIpc) is 2.59. The summed E-state index contributed by atoms with van der Waals surface area (Å²) < 4.78 is 6.31. The first-order chi connectivity index (χ1) is 7.02. The minimum Gasteiger partial charge on any atom is -0.497 e. The van der Waals surface area contributed by atoms with Gasteiger partial charge in [0.15, 0.2) is 0 Å². The summed E-state index contributed by atoms with van der Waals surface area (Å²) in [6.07, 6.45) is 0. The topological polar surface area (TPSA) is 29.5 Å². The lowest BCUT2D eigenvalue weighted by Gasteiger charge is -2.16. The number of benzene rings is 1. The molecule has 0 amide bonds. The van der Waals surface area contributed by atoms with Crippen molar-refractivity contribution >= 4 is 21.4 Å². The number of rotatable bonds is 2. The van der Waals surface area contributed by atoms with Crippen molar-refractivity contribution in [3.8, 4) is 5.75 Å². The quantitative estimate of drug-likeness (QED) is 0.846. The minimum absolute atomic E-state index is 0.785. The Morgan fingerprint density at radius 2 is 2.07 bits per heavy atom. The number of hydrogen-bond acceptors (Lipinski definition) is 3. The lowest BCUT2D eigenvalue weighted by atomic mass is 9.98. The third-order valence-corrected chi connectivity index (χ3v) is 3.39. The molecule has 0 bridgehead atoms. The van der Waals surface area contributed by atoms with Crippen LogP contribution in [0.3, 0.4) is 0 Å². The van der Waals surface area contributed by atoms with Crippen LogP contribution < -0.4 is 4.74 Å². The van der Waals surface area contributed by atoms with Gasteiger partial charge in [-0.15, -0.1) is 11.3 Å². The zero-order valence-electron chi connectivity index (χ0n) is 9.07. The molecule has 1 N–H and O–H groups in total. The first-order valence-electron chi connectivity index (χ1n) is 4.80. The maximum absolute atomic E-state index is 9.98. The van der Waals surface area contributed by atoms with Gasteiger partial charge in [0.2, 0.25) is 0 Å². The van der Waals surface area contributed by atoms with Crippen LogP contribution in [0.2, 0.25) is 0 Å². The van der Waals surface area contributed by atoms with Gasteiger partial charge in [0.25, 0.3) is 0 Å². The predicted octanol–water partition coefficient (Wildman–Crippen LogP) is 3.14. The van der Waals surface area contributed by atoms with Crippen molar-refractivity contribution < 1.29 is 9.84 Å². The Bertz CT molecular complexity index is 480. The highest BCUT2D eigenvalue weighted by molar-refractivity contribution is 7.17. The fraction of sp³-hybridized carbons (Fsp3) is 0.333. The van der Waals surface area contributed by atoms with E-state index in [4.69, 9.17) is 4.74 Å². The third kappa shape index (κ3) is 1.85. The number of thiophene rings is 1. The Balaban J connectivity index is 2.62. The van der Waals surface area contributed by atoms with E-state index in [1.807, 2.05) is 23.6 Å². The Morgan fingerprint density at radius 3 is 2.67 bits per heavy atom. The van der Waals surface area contributed by atoms with Crippen LogP contribution in [0.5, 0.6) is 5.75 Å². The highest BCUT2D eigenvalue weighted by Gasteiger charge is 2.20. The van der Waals surface area contributed by atoms with E-state index in [0.29, 0.717) is 0 Å². The van der Waals surface area contributed by atoms with Crippen molar-refractivity contribution in [1.82, 2.24) is 0 Å². The van der Waals surface area contributed by atoms with Crippen LogP contribution in [-0.2, 0) is 5.60 Å². The van der Waals surface area contributed by atoms with E-state index in [1.165, 1.54) is 0 Å². The molecule has 0 radical (unpaired) electrons. The van der Waals surface area contributed by atoms with Gasteiger partial charge >= 0.3 is 0 Å². The summed E-state index contributed by atoms with van der Waals surface area (Å²) in [6.45, 7) is 3.61. The molecule has 15 heavy (non-hydrogen) atoms. The fourth-order valence-electron chi connectivity index (χ4n) is 1.61. The van der Waals surface area contributed by atoms with E-state index in [0.717, 1.165) is 21.4 Å². The summed E-state index contributed by atoms with van der Waals surface area (Å²) in [5.74, 6) is 0.853. The van der Waals surface area contributed by atoms with E-state index >= 15 is 0 Å². The number of methoxy groups -OCH3 is 1. The van der Waals surface area contributed by atoms with Crippen molar-refractivity contribution in [2.45, 2.75) is 19.4 Å². The number of ether oxygens (including phenoxy) is 1. The SMILES string of the molecule is COc1ccc2c(C(C)(C)O)csc2c1. The van der Waals surface area contributed by atoms with Gasteiger partial charge in [-0.1, -0.05) is 0 Å². The van der Waals surface area contributed by atoms with Gasteiger partial charge < -0.3 is 9.84 Å². The molecule has 0 aliphatic heterocycles. The van der Waals surface area contributed by atoms with Crippen molar-refractivity contribution in [2.24, 2.45) is 0 Å². The molecular weight excluding hydrogens is 208 g/mol. The maximum atomic E-state index is 9.98. The Morgan fingerprint density at radius 1 is 1.33 bits per heavy atom. The van der Waals surface area contributed by atoms with Crippen LogP contribution in [-0.4, -0.2) is 12.2 Å². The summed E-state index contributed by atoms with van der Waals surface area (Å²) in [7, 11) is 1.66. The zero-order chi connectivity index (χ0) is 11.1. The number of hydrogen-bond donors (Lipinski definition) is 1. The van der Waals surface area contributed by atoms with E-state index in [2.05, 4.69) is 0 Å². The molecule has 1 heterocycles. The van der Waals surface area contributed by atoms with E-state index in [9.17, 15) is 5.11 Å². The van der Waals surface area contributed by atoms with Gasteiger partial charge in [0.1, 0.15) is 5.75 Å². The van der Waals surface area contributed by atoms with Crippen LogP contribution in [0, 0.1) is 0 Å². The lowest BCUT2D eigenvalue weighted by molar-refractivity contribution is 0.0806. The molecule has 0 saturated heterocycles. The van der Waals surface area contributed by atoms with E-state index in [1.54, 1.807) is 32.3 Å². The molecule has 0 atom stereocenters. The smallest absolute Gasteiger partial charge is 0.120 e. The predicted molar refractivity (Wildman–Crippen MR) is 63.6 cm³/mol. The van der Waals surface area contributed by atoms with Crippen molar-refractivity contribution in [2.75, 3.05) is 7.11 Å². The normalized spacial score (nSPS) is 12.0. The van der Waals surface area contributed by atoms with Crippen LogP contribution in [0.15, 0.2) is 23.6 Å². The molecule has 3 heteroatoms. The molecule has 0 unspecified atom stereocenters. The molecular formula is C12H14O2S. The second kappa shape index (κ2) is 3.51. The summed E-state index contributed by atoms with van der Waals surface area (Å²) in [5.41, 5.74) is 0.192. The van der Waals surface area contributed by atoms with Crippen LogP contribution in [0.25, 0.3) is 10.1 Å². The number of aliphatic hydroxyl groups is 1. The van der Waals surface area contributed by atoms with Crippen LogP contribution in [0.1, 0.15) is 19.4 Å². The molecule has 0 fully saturated rings. The standard InChI is InChI=1S/C12H14O2S/c1-12(2,13)10-7-15-11-6-8(14-3)4-5-9(10)11/h4-7,13H,1-3H3. The van der Waals surface area contributed by atoms with Crippen molar-refractivity contribution in [1.29, 1.82) is 0 Å². The molecule has 2 rings (SSSR count). The molecule has 2 nitrogen and oxygen atoms in total. The van der Waals surface area contributed by atoms with Gasteiger partial charge in [0.05, 0.1) is 12.7 Å². The minimum atomic E-state index is -0.785. The lowest BCUT2D eigenvalue weighted by Crippen LogP contribution is -2.14. The summed E-state index contributed by atoms with van der Waals surface area (Å²) >= 11 is 1.63. The molecule has 0 spiro atoms. The Kier molecular flexibility index (Phi) is 2.44. The molecule has 0 aliphatic carbocycles. The highest BCUT2D eigenvalue weighted by Crippen LogP contribution is 2.35. The first-order valence-corrected chi connectivity index (χ1v) is 5.68. The van der Waals surface area contributed by atoms with Crippen LogP contribution >= 0.6 is 11.3 Å². The van der Waals surface area contributed by atoms with E-state index in [-0.39, 0.29) is 0 Å². The highest BCUT2D eigenvalue weighted by atomic mass is 32.1. The third-order valence-electron chi connectivity index (χ3n) is 2.44. The monoisotopic (exact) mass is 222 g/mol. The van der Waals surface area contributed by atoms with E-state index < -0.39 is 5.60 Å². The fourth-order valence-corrected chi connectivity index (χ4v) is 2.76. The largest absolute Gasteiger partial charge is 0.497 e. The zero-order valence-corrected chi connectivity index (χ0v) is 9.89. The average molecular weight is 222 g/mol. The van der Waals surface area contributed by atoms with Gasteiger partial charge in [-0.2, -0.15) is 0 Å². The Hall–Kier alpha value is -1.06. The second-order valence-corrected chi connectivity index (χ2v) is 4.98. The molecule has 2 aromatic rings. The second-order valence-electron chi connectivity index (χ2n) is 4.07. The van der Waals surface area contributed by atoms with Crippen LogP contribution in [0.4, 0.5) is 0 Å². The van der Waals surface area contributed by atoms with Gasteiger partial charge in [0, 0.05) is 10.3 Å². The van der Waals surface area contributed by atoms with Gasteiger partial charge in [-0.05, 0) is 42.8 Å². The summed E-state index contributed by atoms with van der Waals surface area (Å²) in [6, 6.07) is 5.91. The van der Waals surface area contributed by atoms with Crippen molar-refractivity contribution in [3.05, 3.63) is 29.1 Å². The van der Waals surface area contributed by atoms with Gasteiger partial charge in [-0.3, -0.25) is 0 Å². The molecule has 0 saturated carbocycles. The summed E-state index contributed by atoms with van der Waals surface area (Å²) in [5, 5.41) is 13.1.